The zero-order valence-electron chi connectivity index (χ0n) is 15.4. The number of nitrogens with zero attached hydrogens (tertiary/aromatic N) is 3. The van der Waals surface area contributed by atoms with Crippen LogP contribution in [0.4, 0.5) is 5.69 Å². The first-order chi connectivity index (χ1) is 14.0. The molecule has 0 spiro atoms. The number of aryl methyl sites for hydroxylation is 1. The van der Waals surface area contributed by atoms with Crippen molar-refractivity contribution in [1.29, 1.82) is 0 Å². The van der Waals surface area contributed by atoms with Crippen molar-refractivity contribution in [2.24, 2.45) is 0 Å². The molecule has 0 bridgehead atoms. The van der Waals surface area contributed by atoms with E-state index >= 15 is 0 Å². The van der Waals surface area contributed by atoms with E-state index in [1.54, 1.807) is 41.1 Å². The van der Waals surface area contributed by atoms with Crippen LogP contribution < -0.4 is 5.32 Å². The zero-order valence-corrected chi connectivity index (χ0v) is 16.9. The number of halogens is 2. The number of hydrogen-bond acceptors (Lipinski definition) is 3. The second-order valence-electron chi connectivity index (χ2n) is 6.43. The maximum atomic E-state index is 12.8. The van der Waals surface area contributed by atoms with Gasteiger partial charge in [-0.1, -0.05) is 59.6 Å². The van der Waals surface area contributed by atoms with Gasteiger partial charge in [-0.25, -0.2) is 9.67 Å². The molecule has 0 atom stereocenters. The minimum Gasteiger partial charge on any atom is -0.319 e. The number of aromatic nitrogens is 3. The highest BCUT2D eigenvalue weighted by molar-refractivity contribution is 6.31. The Morgan fingerprint density at radius 2 is 1.69 bits per heavy atom. The van der Waals surface area contributed by atoms with Crippen molar-refractivity contribution < 1.29 is 4.79 Å². The fourth-order valence-electron chi connectivity index (χ4n) is 2.91. The number of carbonyl (C=O) groups excluding carboxylic acids is 1. The maximum Gasteiger partial charge on any atom is 0.295 e. The van der Waals surface area contributed by atoms with Crippen molar-refractivity contribution in [3.63, 3.8) is 0 Å². The largest absolute Gasteiger partial charge is 0.319 e. The predicted molar refractivity (Wildman–Crippen MR) is 116 cm³/mol. The summed E-state index contributed by atoms with van der Waals surface area (Å²) >= 11 is 12.4. The minimum atomic E-state index is -0.405. The molecule has 4 aromatic rings. The van der Waals surface area contributed by atoms with E-state index in [0.717, 1.165) is 16.8 Å². The van der Waals surface area contributed by atoms with Gasteiger partial charge in [-0.2, -0.15) is 0 Å². The Balaban J connectivity index is 1.82. The van der Waals surface area contributed by atoms with Gasteiger partial charge in [0.05, 0.1) is 5.69 Å². The fraction of sp³-hybridized carbons (Fsp3) is 0.0455. The summed E-state index contributed by atoms with van der Waals surface area (Å²) in [6, 6.07) is 21.9. The van der Waals surface area contributed by atoms with Crippen molar-refractivity contribution in [3.05, 3.63) is 94.2 Å². The molecule has 0 saturated carbocycles. The van der Waals surface area contributed by atoms with Gasteiger partial charge in [0, 0.05) is 21.3 Å². The number of anilines is 1. The van der Waals surface area contributed by atoms with E-state index in [9.17, 15) is 4.79 Å². The van der Waals surface area contributed by atoms with Gasteiger partial charge in [-0.3, -0.25) is 4.79 Å². The molecule has 29 heavy (non-hydrogen) atoms. The van der Waals surface area contributed by atoms with Crippen LogP contribution in [0.1, 0.15) is 16.2 Å². The van der Waals surface area contributed by atoms with Crippen LogP contribution in [0.2, 0.25) is 10.0 Å². The quantitative estimate of drug-likeness (QED) is 0.451. The molecular weight excluding hydrogens is 407 g/mol. The van der Waals surface area contributed by atoms with Crippen LogP contribution in [0.3, 0.4) is 0 Å². The molecule has 0 radical (unpaired) electrons. The minimum absolute atomic E-state index is 0.0446. The Morgan fingerprint density at radius 1 is 0.931 bits per heavy atom. The molecule has 3 aromatic carbocycles. The van der Waals surface area contributed by atoms with Gasteiger partial charge < -0.3 is 5.32 Å². The molecule has 0 aliphatic rings. The van der Waals surface area contributed by atoms with E-state index in [2.05, 4.69) is 15.4 Å². The van der Waals surface area contributed by atoms with Crippen molar-refractivity contribution in [3.8, 4) is 17.1 Å². The van der Waals surface area contributed by atoms with Gasteiger partial charge in [-0.15, -0.1) is 5.10 Å². The summed E-state index contributed by atoms with van der Waals surface area (Å²) < 4.78 is 1.62. The lowest BCUT2D eigenvalue weighted by Crippen LogP contribution is -2.14. The van der Waals surface area contributed by atoms with Gasteiger partial charge in [-0.05, 0) is 48.9 Å². The second kappa shape index (κ2) is 8.07. The molecule has 0 aliphatic carbocycles. The Hall–Kier alpha value is -3.15. The Labute approximate surface area is 177 Å². The zero-order chi connectivity index (χ0) is 20.4. The summed E-state index contributed by atoms with van der Waals surface area (Å²) in [5.41, 5.74) is 3.08. The first-order valence-electron chi connectivity index (χ1n) is 8.87. The molecule has 1 aromatic heterocycles. The lowest BCUT2D eigenvalue weighted by molar-refractivity contribution is 0.101. The van der Waals surface area contributed by atoms with Crippen molar-refractivity contribution in [2.45, 2.75) is 6.92 Å². The number of carbonyl (C=O) groups is 1. The van der Waals surface area contributed by atoms with Crippen LogP contribution in [-0.4, -0.2) is 20.7 Å². The third-order valence-electron chi connectivity index (χ3n) is 4.32. The Bertz CT molecular complexity index is 1190. The smallest absolute Gasteiger partial charge is 0.295 e. The van der Waals surface area contributed by atoms with E-state index in [1.165, 1.54) is 0 Å². The SMILES string of the molecule is Cc1ccc(Cl)cc1-n1nc(C(=O)Nc2ccccc2)nc1-c1cccc(Cl)c1. The molecule has 144 valence electrons. The summed E-state index contributed by atoms with van der Waals surface area (Å²) in [5, 5.41) is 8.41. The number of hydrogen-bond donors (Lipinski definition) is 1. The number of benzene rings is 3. The number of rotatable bonds is 4. The predicted octanol–water partition coefficient (Wildman–Crippen LogP) is 5.80. The monoisotopic (exact) mass is 422 g/mol. The van der Waals surface area contributed by atoms with Crippen LogP contribution in [0, 0.1) is 6.92 Å². The van der Waals surface area contributed by atoms with Crippen LogP contribution in [0.5, 0.6) is 0 Å². The average molecular weight is 423 g/mol. The topological polar surface area (TPSA) is 59.8 Å². The highest BCUT2D eigenvalue weighted by Gasteiger charge is 2.20. The van der Waals surface area contributed by atoms with Gasteiger partial charge in [0.15, 0.2) is 5.82 Å². The highest BCUT2D eigenvalue weighted by atomic mass is 35.5. The van der Waals surface area contributed by atoms with E-state index in [4.69, 9.17) is 23.2 Å². The van der Waals surface area contributed by atoms with E-state index < -0.39 is 5.91 Å². The van der Waals surface area contributed by atoms with Crippen molar-refractivity contribution in [1.82, 2.24) is 14.8 Å². The van der Waals surface area contributed by atoms with Gasteiger partial charge in [0.1, 0.15) is 0 Å². The third-order valence-corrected chi connectivity index (χ3v) is 4.79. The number of nitrogens with one attached hydrogen (secondary N) is 1. The van der Waals surface area contributed by atoms with Crippen LogP contribution >= 0.6 is 23.2 Å². The third kappa shape index (κ3) is 4.16. The molecule has 0 fully saturated rings. The van der Waals surface area contributed by atoms with Crippen LogP contribution in [0.25, 0.3) is 17.1 Å². The van der Waals surface area contributed by atoms with Crippen molar-refractivity contribution >= 4 is 34.8 Å². The first-order valence-corrected chi connectivity index (χ1v) is 9.63. The normalized spacial score (nSPS) is 10.7. The standard InChI is InChI=1S/C22H16Cl2N4O/c1-14-10-11-17(24)13-19(14)28-21(15-6-5-7-16(23)12-15)26-20(27-28)22(29)25-18-8-3-2-4-9-18/h2-13H,1H3,(H,25,29). The average Bonchev–Trinajstić information content (AvgIpc) is 3.16. The molecule has 0 saturated heterocycles. The molecule has 1 N–H and O–H groups in total. The Morgan fingerprint density at radius 3 is 2.45 bits per heavy atom. The van der Waals surface area contributed by atoms with E-state index in [1.807, 2.05) is 43.3 Å². The highest BCUT2D eigenvalue weighted by Crippen LogP contribution is 2.27. The molecule has 1 heterocycles. The number of amides is 1. The molecule has 0 aliphatic heterocycles. The Kier molecular flexibility index (Phi) is 5.34. The summed E-state index contributed by atoms with van der Waals surface area (Å²) in [4.78, 5) is 17.3. The molecule has 7 heteroatoms. The van der Waals surface area contributed by atoms with Gasteiger partial charge in [0.2, 0.25) is 5.82 Å². The summed E-state index contributed by atoms with van der Waals surface area (Å²) in [7, 11) is 0. The van der Waals surface area contributed by atoms with Gasteiger partial charge in [0.25, 0.3) is 5.91 Å². The molecule has 0 unspecified atom stereocenters. The van der Waals surface area contributed by atoms with Crippen LogP contribution in [0.15, 0.2) is 72.8 Å². The van der Waals surface area contributed by atoms with Crippen molar-refractivity contribution in [2.75, 3.05) is 5.32 Å². The molecular formula is C22H16Cl2N4O. The van der Waals surface area contributed by atoms with Crippen LogP contribution in [-0.2, 0) is 0 Å². The van der Waals surface area contributed by atoms with E-state index in [-0.39, 0.29) is 5.82 Å². The molecule has 1 amide bonds. The maximum absolute atomic E-state index is 12.8. The van der Waals surface area contributed by atoms with Gasteiger partial charge >= 0.3 is 0 Å². The summed E-state index contributed by atoms with van der Waals surface area (Å²) in [5.74, 6) is 0.136. The molecule has 4 rings (SSSR count). The summed E-state index contributed by atoms with van der Waals surface area (Å²) in [6.45, 7) is 1.94. The number of para-hydroxylation sites is 1. The summed E-state index contributed by atoms with van der Waals surface area (Å²) in [6.07, 6.45) is 0. The second-order valence-corrected chi connectivity index (χ2v) is 7.30. The lowest BCUT2D eigenvalue weighted by Gasteiger charge is -2.09. The first kappa shape index (κ1) is 19.2. The fourth-order valence-corrected chi connectivity index (χ4v) is 3.27. The molecule has 5 nitrogen and oxygen atoms in total. The lowest BCUT2D eigenvalue weighted by atomic mass is 10.2. The van der Waals surface area contributed by atoms with E-state index in [0.29, 0.717) is 21.6 Å².